The Morgan fingerprint density at radius 3 is 2.79 bits per heavy atom. The zero-order chi connectivity index (χ0) is 13.8. The molecular weight excluding hydrogens is 241 g/mol. The molecule has 0 amide bonds. The number of hydrogen-bond donors (Lipinski definition) is 1. The molecule has 1 aromatic carbocycles. The molecule has 1 heterocycles. The average molecular weight is 265 g/mol. The highest BCUT2D eigenvalue weighted by Crippen LogP contribution is 2.16. The lowest BCUT2D eigenvalue weighted by Gasteiger charge is -2.38. The van der Waals surface area contributed by atoms with Gasteiger partial charge in [0.1, 0.15) is 5.82 Å². The summed E-state index contributed by atoms with van der Waals surface area (Å²) in [5.74, 6) is -0.128. The molecule has 0 bridgehead atoms. The molecular formula is C15H24FN3. The molecule has 0 spiro atoms. The van der Waals surface area contributed by atoms with Crippen LogP contribution in [0, 0.1) is 5.82 Å². The molecule has 1 fully saturated rings. The molecule has 0 saturated carbocycles. The predicted octanol–water partition coefficient (Wildman–Crippen LogP) is 1.72. The Kier molecular flexibility index (Phi) is 4.91. The van der Waals surface area contributed by atoms with Crippen molar-refractivity contribution in [1.29, 1.82) is 0 Å². The second-order valence-electron chi connectivity index (χ2n) is 5.55. The monoisotopic (exact) mass is 265 g/mol. The van der Waals surface area contributed by atoms with Crippen LogP contribution in [0.2, 0.25) is 0 Å². The zero-order valence-corrected chi connectivity index (χ0v) is 12.1. The van der Waals surface area contributed by atoms with E-state index in [-0.39, 0.29) is 11.9 Å². The molecule has 2 atom stereocenters. The Morgan fingerprint density at radius 2 is 2.05 bits per heavy atom. The van der Waals surface area contributed by atoms with Crippen LogP contribution in [0.5, 0.6) is 0 Å². The minimum Gasteiger partial charge on any atom is -0.308 e. The van der Waals surface area contributed by atoms with E-state index in [4.69, 9.17) is 0 Å². The average Bonchev–Trinajstić information content (AvgIpc) is 2.40. The van der Waals surface area contributed by atoms with Gasteiger partial charge in [0.15, 0.2) is 0 Å². The van der Waals surface area contributed by atoms with Crippen molar-refractivity contribution in [3.63, 3.8) is 0 Å². The first kappa shape index (κ1) is 14.4. The molecule has 0 aliphatic carbocycles. The Balaban J connectivity index is 1.89. The van der Waals surface area contributed by atoms with E-state index >= 15 is 0 Å². The van der Waals surface area contributed by atoms with Crippen molar-refractivity contribution in [3.8, 4) is 0 Å². The first-order valence-electron chi connectivity index (χ1n) is 6.94. The van der Waals surface area contributed by atoms with Gasteiger partial charge in [0.25, 0.3) is 0 Å². The van der Waals surface area contributed by atoms with Gasteiger partial charge in [-0.15, -0.1) is 0 Å². The molecule has 1 aromatic rings. The van der Waals surface area contributed by atoms with Crippen LogP contribution in [-0.2, 0) is 0 Å². The fourth-order valence-electron chi connectivity index (χ4n) is 2.57. The number of nitrogens with one attached hydrogen (secondary N) is 1. The Bertz CT molecular complexity index is 410. The summed E-state index contributed by atoms with van der Waals surface area (Å²) >= 11 is 0. The van der Waals surface area contributed by atoms with Crippen molar-refractivity contribution in [1.82, 2.24) is 15.1 Å². The van der Waals surface area contributed by atoms with E-state index in [9.17, 15) is 4.39 Å². The maximum atomic E-state index is 13.7. The second kappa shape index (κ2) is 6.46. The van der Waals surface area contributed by atoms with E-state index < -0.39 is 0 Å². The van der Waals surface area contributed by atoms with Gasteiger partial charge in [0, 0.05) is 43.8 Å². The minimum absolute atomic E-state index is 0.0434. The van der Waals surface area contributed by atoms with Gasteiger partial charge in [-0.05, 0) is 27.1 Å². The molecule has 1 aliphatic rings. The standard InChI is InChI=1S/C15H24FN3/c1-12(14-6-4-5-7-15(14)16)17-10-13-11-18(2)8-9-19(13)3/h4-7,12-13,17H,8-11H2,1-3H3. The molecule has 3 nitrogen and oxygen atoms in total. The summed E-state index contributed by atoms with van der Waals surface area (Å²) in [6.45, 7) is 6.18. The van der Waals surface area contributed by atoms with Crippen LogP contribution < -0.4 is 5.32 Å². The van der Waals surface area contributed by atoms with Crippen molar-refractivity contribution < 1.29 is 4.39 Å². The number of piperazine rings is 1. The van der Waals surface area contributed by atoms with Gasteiger partial charge < -0.3 is 10.2 Å². The van der Waals surface area contributed by atoms with Crippen LogP contribution in [0.25, 0.3) is 0 Å². The van der Waals surface area contributed by atoms with Gasteiger partial charge in [-0.2, -0.15) is 0 Å². The first-order valence-corrected chi connectivity index (χ1v) is 6.94. The van der Waals surface area contributed by atoms with Gasteiger partial charge in [-0.3, -0.25) is 4.90 Å². The molecule has 19 heavy (non-hydrogen) atoms. The highest BCUT2D eigenvalue weighted by Gasteiger charge is 2.22. The molecule has 2 rings (SSSR count). The number of likely N-dealkylation sites (N-methyl/N-ethyl adjacent to an activating group) is 2. The van der Waals surface area contributed by atoms with Crippen LogP contribution in [-0.4, -0.2) is 56.1 Å². The molecule has 2 unspecified atom stereocenters. The van der Waals surface area contributed by atoms with Crippen LogP contribution >= 0.6 is 0 Å². The molecule has 1 aliphatic heterocycles. The van der Waals surface area contributed by atoms with Gasteiger partial charge in [-0.1, -0.05) is 18.2 Å². The third-order valence-electron chi connectivity index (χ3n) is 4.01. The topological polar surface area (TPSA) is 18.5 Å². The number of benzene rings is 1. The largest absolute Gasteiger partial charge is 0.308 e. The second-order valence-corrected chi connectivity index (χ2v) is 5.55. The Morgan fingerprint density at radius 1 is 1.32 bits per heavy atom. The summed E-state index contributed by atoms with van der Waals surface area (Å²) in [6.07, 6.45) is 0. The van der Waals surface area contributed by atoms with E-state index in [0.717, 1.165) is 31.7 Å². The van der Waals surface area contributed by atoms with E-state index in [1.54, 1.807) is 6.07 Å². The maximum Gasteiger partial charge on any atom is 0.127 e. The smallest absolute Gasteiger partial charge is 0.127 e. The Hall–Kier alpha value is -0.970. The van der Waals surface area contributed by atoms with Crippen molar-refractivity contribution in [2.75, 3.05) is 40.3 Å². The van der Waals surface area contributed by atoms with Crippen molar-refractivity contribution in [2.45, 2.75) is 19.0 Å². The molecule has 4 heteroatoms. The van der Waals surface area contributed by atoms with E-state index in [1.165, 1.54) is 6.07 Å². The third kappa shape index (κ3) is 3.75. The van der Waals surface area contributed by atoms with E-state index in [1.807, 2.05) is 19.1 Å². The lowest BCUT2D eigenvalue weighted by Crippen LogP contribution is -2.53. The summed E-state index contributed by atoms with van der Waals surface area (Å²) in [5.41, 5.74) is 0.745. The summed E-state index contributed by atoms with van der Waals surface area (Å²) in [4.78, 5) is 4.72. The maximum absolute atomic E-state index is 13.7. The summed E-state index contributed by atoms with van der Waals surface area (Å²) in [7, 11) is 4.31. The number of hydrogen-bond acceptors (Lipinski definition) is 3. The van der Waals surface area contributed by atoms with Gasteiger partial charge >= 0.3 is 0 Å². The van der Waals surface area contributed by atoms with Gasteiger partial charge in [-0.25, -0.2) is 4.39 Å². The number of rotatable bonds is 4. The fraction of sp³-hybridized carbons (Fsp3) is 0.600. The summed E-state index contributed by atoms with van der Waals surface area (Å²) in [6, 6.07) is 7.53. The Labute approximate surface area is 115 Å². The summed E-state index contributed by atoms with van der Waals surface area (Å²) < 4.78 is 13.7. The van der Waals surface area contributed by atoms with Crippen molar-refractivity contribution in [2.24, 2.45) is 0 Å². The molecule has 0 aromatic heterocycles. The van der Waals surface area contributed by atoms with Crippen LogP contribution in [0.4, 0.5) is 4.39 Å². The van der Waals surface area contributed by atoms with Crippen LogP contribution in [0.3, 0.4) is 0 Å². The lowest BCUT2D eigenvalue weighted by atomic mass is 10.1. The predicted molar refractivity (Wildman–Crippen MR) is 76.7 cm³/mol. The van der Waals surface area contributed by atoms with Crippen LogP contribution in [0.15, 0.2) is 24.3 Å². The molecule has 1 N–H and O–H groups in total. The highest BCUT2D eigenvalue weighted by molar-refractivity contribution is 5.20. The molecule has 106 valence electrons. The SMILES string of the molecule is CC(NCC1CN(C)CCN1C)c1ccccc1F. The fourth-order valence-corrected chi connectivity index (χ4v) is 2.57. The van der Waals surface area contributed by atoms with Crippen LogP contribution in [0.1, 0.15) is 18.5 Å². The molecule has 0 radical (unpaired) electrons. The normalized spacial score (nSPS) is 23.5. The van der Waals surface area contributed by atoms with E-state index in [2.05, 4.69) is 29.2 Å². The van der Waals surface area contributed by atoms with Gasteiger partial charge in [0.05, 0.1) is 0 Å². The van der Waals surface area contributed by atoms with Gasteiger partial charge in [0.2, 0.25) is 0 Å². The van der Waals surface area contributed by atoms with Crippen molar-refractivity contribution in [3.05, 3.63) is 35.6 Å². The number of nitrogens with zero attached hydrogens (tertiary/aromatic N) is 2. The quantitative estimate of drug-likeness (QED) is 0.894. The van der Waals surface area contributed by atoms with E-state index in [0.29, 0.717) is 6.04 Å². The minimum atomic E-state index is -0.128. The third-order valence-corrected chi connectivity index (χ3v) is 4.01. The number of halogens is 1. The highest BCUT2D eigenvalue weighted by atomic mass is 19.1. The first-order chi connectivity index (χ1) is 9.08. The summed E-state index contributed by atoms with van der Waals surface area (Å²) in [5, 5.41) is 3.45. The van der Waals surface area contributed by atoms with Crippen molar-refractivity contribution >= 4 is 0 Å². The zero-order valence-electron chi connectivity index (χ0n) is 12.1. The lowest BCUT2D eigenvalue weighted by molar-refractivity contribution is 0.111. The molecule has 1 saturated heterocycles.